The lowest BCUT2D eigenvalue weighted by molar-refractivity contribution is -0.234. The van der Waals surface area contributed by atoms with Gasteiger partial charge in [0, 0.05) is 0 Å². The molecule has 6 atom stereocenters. The molecule has 4 fully saturated rings. The quantitative estimate of drug-likeness (QED) is 0.673. The van der Waals surface area contributed by atoms with Gasteiger partial charge in [0.15, 0.2) is 0 Å². The second-order valence-electron chi connectivity index (χ2n) is 6.96. The predicted molar refractivity (Wildman–Crippen MR) is 65.9 cm³/mol. The first-order valence-electron chi connectivity index (χ1n) is 6.82. The molecule has 0 aromatic heterocycles. The summed E-state index contributed by atoms with van der Waals surface area (Å²) in [6, 6.07) is 0. The van der Waals surface area contributed by atoms with Crippen LogP contribution in [0, 0.1) is 35.0 Å². The molecule has 16 heavy (non-hydrogen) atoms. The Morgan fingerprint density at radius 2 is 2.12 bits per heavy atom. The highest BCUT2D eigenvalue weighted by Gasteiger charge is 2.68. The van der Waals surface area contributed by atoms with E-state index in [0.717, 1.165) is 30.1 Å². The molecule has 0 spiro atoms. The van der Waals surface area contributed by atoms with Crippen molar-refractivity contribution in [1.82, 2.24) is 0 Å². The van der Waals surface area contributed by atoms with E-state index in [4.69, 9.17) is 0 Å². The molecule has 4 aliphatic carbocycles. The molecule has 4 rings (SSSR count). The van der Waals surface area contributed by atoms with E-state index >= 15 is 0 Å². The second kappa shape index (κ2) is 3.13. The maximum atomic E-state index is 10.3. The topological polar surface area (TPSA) is 20.2 Å². The van der Waals surface area contributed by atoms with Crippen LogP contribution in [0.5, 0.6) is 0 Å². The molecule has 0 radical (unpaired) electrons. The van der Waals surface area contributed by atoms with Gasteiger partial charge in [0.1, 0.15) is 0 Å². The first-order valence-corrected chi connectivity index (χ1v) is 6.82. The normalized spacial score (nSPS) is 55.1. The summed E-state index contributed by atoms with van der Waals surface area (Å²) in [5.41, 5.74) is 1.73. The van der Waals surface area contributed by atoms with Crippen molar-refractivity contribution >= 4 is 0 Å². The van der Waals surface area contributed by atoms with E-state index in [1.54, 1.807) is 0 Å². The molecule has 0 aromatic carbocycles. The Bertz CT molecular complexity index is 332. The summed E-state index contributed by atoms with van der Waals surface area (Å²) < 4.78 is 0. The summed E-state index contributed by atoms with van der Waals surface area (Å²) >= 11 is 0. The van der Waals surface area contributed by atoms with Gasteiger partial charge in [-0.25, -0.2) is 0 Å². The molecule has 4 aliphatic rings. The SMILES string of the molecule is C=C1C[C@H](O)C2[C@@H]3C1[C@@]2(C)CC[C@H]3C(C)C. The molecule has 0 heterocycles. The maximum Gasteiger partial charge on any atom is 0.0613 e. The fourth-order valence-electron chi connectivity index (χ4n) is 5.42. The predicted octanol–water partition coefficient (Wildman–Crippen LogP) is 3.24. The van der Waals surface area contributed by atoms with Crippen molar-refractivity contribution in [2.24, 2.45) is 35.0 Å². The van der Waals surface area contributed by atoms with Crippen LogP contribution in [-0.2, 0) is 0 Å². The largest absolute Gasteiger partial charge is 0.392 e. The number of aliphatic hydroxyl groups is 1. The molecule has 1 heteroatoms. The number of rotatable bonds is 1. The van der Waals surface area contributed by atoms with Gasteiger partial charge in [-0.3, -0.25) is 0 Å². The van der Waals surface area contributed by atoms with Gasteiger partial charge >= 0.3 is 0 Å². The van der Waals surface area contributed by atoms with Crippen LogP contribution in [0.25, 0.3) is 0 Å². The first kappa shape index (κ1) is 10.8. The van der Waals surface area contributed by atoms with E-state index in [1.165, 1.54) is 18.4 Å². The number of fused-ring (bicyclic) bond motifs is 2. The van der Waals surface area contributed by atoms with Crippen LogP contribution in [0.2, 0.25) is 0 Å². The van der Waals surface area contributed by atoms with E-state index in [1.807, 2.05) is 0 Å². The standard InChI is InChI=1S/C15H24O/c1-8(2)10-5-6-15(4)13-9(3)7-11(16)14(15)12(10)13/h8,10-14,16H,3,5-7H2,1-2,4H3/t10-,11-,12-,13?,14?,15+/m0/s1. The summed E-state index contributed by atoms with van der Waals surface area (Å²) in [5.74, 6) is 3.63. The molecule has 90 valence electrons. The van der Waals surface area contributed by atoms with Crippen LogP contribution < -0.4 is 0 Å². The van der Waals surface area contributed by atoms with Crippen LogP contribution in [0.3, 0.4) is 0 Å². The minimum Gasteiger partial charge on any atom is -0.392 e. The Labute approximate surface area is 98.9 Å². The molecule has 1 nitrogen and oxygen atoms in total. The van der Waals surface area contributed by atoms with Crippen molar-refractivity contribution < 1.29 is 5.11 Å². The molecule has 0 amide bonds. The fourth-order valence-corrected chi connectivity index (χ4v) is 5.42. The molecule has 1 N–H and O–H groups in total. The second-order valence-corrected chi connectivity index (χ2v) is 6.96. The molecule has 0 saturated heterocycles. The summed E-state index contributed by atoms with van der Waals surface area (Å²) in [4.78, 5) is 0. The van der Waals surface area contributed by atoms with Gasteiger partial charge in [-0.05, 0) is 54.3 Å². The minimum atomic E-state index is -0.103. The van der Waals surface area contributed by atoms with Crippen LogP contribution in [0.4, 0.5) is 0 Å². The lowest BCUT2D eigenvalue weighted by Crippen LogP contribution is -2.68. The van der Waals surface area contributed by atoms with Gasteiger partial charge in [0.2, 0.25) is 0 Å². The monoisotopic (exact) mass is 220 g/mol. The Hall–Kier alpha value is -0.300. The Morgan fingerprint density at radius 1 is 1.44 bits per heavy atom. The third-order valence-corrected chi connectivity index (χ3v) is 5.96. The van der Waals surface area contributed by atoms with Crippen LogP contribution >= 0.6 is 0 Å². The van der Waals surface area contributed by atoms with E-state index in [2.05, 4.69) is 27.4 Å². The van der Waals surface area contributed by atoms with Crippen molar-refractivity contribution in [2.75, 3.05) is 0 Å². The van der Waals surface area contributed by atoms with Crippen molar-refractivity contribution in [3.05, 3.63) is 12.2 Å². The van der Waals surface area contributed by atoms with Crippen LogP contribution in [0.1, 0.15) is 40.0 Å². The average Bonchev–Trinajstić information content (AvgIpc) is 2.15. The number of hydrogen-bond acceptors (Lipinski definition) is 1. The van der Waals surface area contributed by atoms with Gasteiger partial charge < -0.3 is 5.11 Å². The van der Waals surface area contributed by atoms with Crippen LogP contribution in [0.15, 0.2) is 12.2 Å². The summed E-state index contributed by atoms with van der Waals surface area (Å²) in [6.07, 6.45) is 3.43. The molecule has 0 aromatic rings. The molecular formula is C15H24O. The van der Waals surface area contributed by atoms with Crippen LogP contribution in [-0.4, -0.2) is 11.2 Å². The first-order chi connectivity index (χ1) is 7.47. The Kier molecular flexibility index (Phi) is 2.12. The number of aliphatic hydroxyl groups excluding tert-OH is 1. The maximum absolute atomic E-state index is 10.3. The zero-order valence-corrected chi connectivity index (χ0v) is 10.7. The zero-order valence-electron chi connectivity index (χ0n) is 10.7. The van der Waals surface area contributed by atoms with Gasteiger partial charge in [0.05, 0.1) is 6.10 Å². The molecule has 4 saturated carbocycles. The molecule has 2 unspecified atom stereocenters. The van der Waals surface area contributed by atoms with Gasteiger partial charge in [-0.2, -0.15) is 0 Å². The lowest BCUT2D eigenvalue weighted by Gasteiger charge is -2.72. The molecular weight excluding hydrogens is 196 g/mol. The highest BCUT2D eigenvalue weighted by atomic mass is 16.3. The van der Waals surface area contributed by atoms with Gasteiger partial charge in [-0.15, -0.1) is 0 Å². The lowest BCUT2D eigenvalue weighted by atomic mass is 9.33. The van der Waals surface area contributed by atoms with Crippen molar-refractivity contribution in [2.45, 2.75) is 46.1 Å². The third-order valence-electron chi connectivity index (χ3n) is 5.96. The van der Waals surface area contributed by atoms with E-state index in [0.29, 0.717) is 11.3 Å². The van der Waals surface area contributed by atoms with E-state index in [9.17, 15) is 5.11 Å². The smallest absolute Gasteiger partial charge is 0.0613 e. The highest BCUT2D eigenvalue weighted by molar-refractivity contribution is 5.28. The molecule has 4 bridgehead atoms. The Morgan fingerprint density at radius 3 is 2.69 bits per heavy atom. The van der Waals surface area contributed by atoms with Crippen molar-refractivity contribution in [1.29, 1.82) is 0 Å². The van der Waals surface area contributed by atoms with E-state index < -0.39 is 0 Å². The zero-order chi connectivity index (χ0) is 11.7. The fraction of sp³-hybridized carbons (Fsp3) is 0.867. The van der Waals surface area contributed by atoms with E-state index in [-0.39, 0.29) is 6.10 Å². The van der Waals surface area contributed by atoms with Gasteiger partial charge in [-0.1, -0.05) is 32.9 Å². The molecule has 0 aliphatic heterocycles. The summed E-state index contributed by atoms with van der Waals surface area (Å²) in [5, 5.41) is 10.3. The highest BCUT2D eigenvalue weighted by Crippen LogP contribution is 2.72. The average molecular weight is 220 g/mol. The van der Waals surface area contributed by atoms with Gasteiger partial charge in [0.25, 0.3) is 0 Å². The number of hydrogen-bond donors (Lipinski definition) is 1. The minimum absolute atomic E-state index is 0.103. The summed E-state index contributed by atoms with van der Waals surface area (Å²) in [6.45, 7) is 11.3. The van der Waals surface area contributed by atoms with Crippen molar-refractivity contribution in [3.8, 4) is 0 Å². The van der Waals surface area contributed by atoms with Crippen molar-refractivity contribution in [3.63, 3.8) is 0 Å². The third kappa shape index (κ3) is 1.06. The Balaban J connectivity index is 1.96. The summed E-state index contributed by atoms with van der Waals surface area (Å²) in [7, 11) is 0.